The predicted molar refractivity (Wildman–Crippen MR) is 128 cm³/mol. The second-order valence-corrected chi connectivity index (χ2v) is 8.46. The molecule has 2 N–H and O–H groups in total. The molecular formula is C23H27Cl2N3O5. The van der Waals surface area contributed by atoms with Crippen LogP contribution in [0.3, 0.4) is 0 Å². The molecule has 1 aliphatic heterocycles. The van der Waals surface area contributed by atoms with Gasteiger partial charge in [-0.05, 0) is 55.3 Å². The Hall–Kier alpha value is -2.68. The molecule has 8 nitrogen and oxygen atoms in total. The van der Waals surface area contributed by atoms with Crippen LogP contribution in [-0.4, -0.2) is 57.2 Å². The number of anilines is 1. The Labute approximate surface area is 203 Å². The van der Waals surface area contributed by atoms with Gasteiger partial charge in [0.1, 0.15) is 0 Å². The predicted octanol–water partition coefficient (Wildman–Crippen LogP) is 3.74. The summed E-state index contributed by atoms with van der Waals surface area (Å²) < 4.78 is 16.0. The molecule has 33 heavy (non-hydrogen) atoms. The number of carbonyl (C=O) groups is 2. The van der Waals surface area contributed by atoms with E-state index >= 15 is 0 Å². The third-order valence-electron chi connectivity index (χ3n) is 5.36. The SMILES string of the molecule is COc1cc(CNC(=O)CN2CCCC2C(=O)Nc2cc(Cl)cc(Cl)c2)cc(OC)c1OC. The molecule has 10 heteroatoms. The van der Waals surface area contributed by atoms with Gasteiger partial charge in [0, 0.05) is 22.3 Å². The van der Waals surface area contributed by atoms with E-state index in [1.807, 2.05) is 4.90 Å². The number of ether oxygens (including phenoxy) is 3. The molecule has 0 radical (unpaired) electrons. The van der Waals surface area contributed by atoms with Gasteiger partial charge in [0.15, 0.2) is 11.5 Å². The fraction of sp³-hybridized carbons (Fsp3) is 0.391. The highest BCUT2D eigenvalue weighted by molar-refractivity contribution is 6.35. The van der Waals surface area contributed by atoms with Crippen molar-refractivity contribution in [1.82, 2.24) is 10.2 Å². The average molecular weight is 496 g/mol. The standard InChI is InChI=1S/C23H27Cl2N3O5/c1-31-19-7-14(8-20(32-2)22(19)33-3)12-26-21(29)13-28-6-4-5-18(28)23(30)27-17-10-15(24)9-16(25)11-17/h7-11,18H,4-6,12-13H2,1-3H3,(H,26,29)(H,27,30). The lowest BCUT2D eigenvalue weighted by Crippen LogP contribution is -2.44. The van der Waals surface area contributed by atoms with Crippen molar-refractivity contribution in [3.05, 3.63) is 45.9 Å². The van der Waals surface area contributed by atoms with Gasteiger partial charge in [-0.15, -0.1) is 0 Å². The third-order valence-corrected chi connectivity index (χ3v) is 5.79. The van der Waals surface area contributed by atoms with Gasteiger partial charge in [0.2, 0.25) is 17.6 Å². The Morgan fingerprint density at radius 3 is 2.21 bits per heavy atom. The number of methoxy groups -OCH3 is 3. The zero-order valence-electron chi connectivity index (χ0n) is 18.7. The number of nitrogens with zero attached hydrogens (tertiary/aromatic N) is 1. The van der Waals surface area contributed by atoms with E-state index in [0.29, 0.717) is 45.9 Å². The van der Waals surface area contributed by atoms with Crippen LogP contribution in [0.2, 0.25) is 10.0 Å². The van der Waals surface area contributed by atoms with E-state index < -0.39 is 6.04 Å². The van der Waals surface area contributed by atoms with Gasteiger partial charge in [0.05, 0.1) is 33.9 Å². The Kier molecular flexibility index (Phi) is 8.66. The fourth-order valence-electron chi connectivity index (χ4n) is 3.84. The number of hydrogen-bond donors (Lipinski definition) is 2. The number of carbonyl (C=O) groups excluding carboxylic acids is 2. The monoisotopic (exact) mass is 495 g/mol. The molecule has 0 aromatic heterocycles. The maximum Gasteiger partial charge on any atom is 0.241 e. The van der Waals surface area contributed by atoms with Gasteiger partial charge in [0.25, 0.3) is 0 Å². The van der Waals surface area contributed by atoms with Gasteiger partial charge in [-0.1, -0.05) is 23.2 Å². The molecule has 1 heterocycles. The van der Waals surface area contributed by atoms with Crippen LogP contribution in [0.25, 0.3) is 0 Å². The quantitative estimate of drug-likeness (QED) is 0.550. The van der Waals surface area contributed by atoms with E-state index in [1.165, 1.54) is 21.3 Å². The molecule has 1 unspecified atom stereocenters. The van der Waals surface area contributed by atoms with Crippen LogP contribution < -0.4 is 24.8 Å². The zero-order chi connectivity index (χ0) is 24.0. The van der Waals surface area contributed by atoms with Crippen LogP contribution in [0.15, 0.2) is 30.3 Å². The van der Waals surface area contributed by atoms with Gasteiger partial charge < -0.3 is 24.8 Å². The van der Waals surface area contributed by atoms with Crippen LogP contribution in [0.5, 0.6) is 17.2 Å². The minimum atomic E-state index is -0.408. The number of likely N-dealkylation sites (tertiary alicyclic amines) is 1. The third kappa shape index (κ3) is 6.43. The Balaban J connectivity index is 1.59. The van der Waals surface area contributed by atoms with Crippen molar-refractivity contribution in [3.8, 4) is 17.2 Å². The van der Waals surface area contributed by atoms with Gasteiger partial charge in [-0.2, -0.15) is 0 Å². The van der Waals surface area contributed by atoms with Crippen molar-refractivity contribution >= 4 is 40.7 Å². The molecule has 3 rings (SSSR count). The molecule has 0 saturated carbocycles. The maximum absolute atomic E-state index is 12.8. The van der Waals surface area contributed by atoms with Gasteiger partial charge >= 0.3 is 0 Å². The number of nitrogens with one attached hydrogen (secondary N) is 2. The number of rotatable bonds is 9. The van der Waals surface area contributed by atoms with Crippen LogP contribution in [-0.2, 0) is 16.1 Å². The first-order valence-electron chi connectivity index (χ1n) is 10.4. The molecule has 178 valence electrons. The normalized spacial score (nSPS) is 15.7. The summed E-state index contributed by atoms with van der Waals surface area (Å²) in [5.74, 6) is 1.14. The largest absolute Gasteiger partial charge is 0.493 e. The summed E-state index contributed by atoms with van der Waals surface area (Å²) in [6, 6.07) is 8.02. The summed E-state index contributed by atoms with van der Waals surface area (Å²) in [6.45, 7) is 1.05. The lowest BCUT2D eigenvalue weighted by Gasteiger charge is -2.23. The van der Waals surface area contributed by atoms with E-state index in [0.717, 1.165) is 12.0 Å². The molecule has 2 aromatic rings. The zero-order valence-corrected chi connectivity index (χ0v) is 20.3. The number of benzene rings is 2. The number of halogens is 2. The summed E-state index contributed by atoms with van der Waals surface area (Å²) in [5, 5.41) is 6.61. The van der Waals surface area contributed by atoms with E-state index in [4.69, 9.17) is 37.4 Å². The second kappa shape index (κ2) is 11.4. The van der Waals surface area contributed by atoms with Crippen LogP contribution in [0.1, 0.15) is 18.4 Å². The summed E-state index contributed by atoms with van der Waals surface area (Å²) in [6.07, 6.45) is 1.49. The Bertz CT molecular complexity index is 972. The minimum absolute atomic E-state index is 0.110. The Morgan fingerprint density at radius 1 is 1.00 bits per heavy atom. The smallest absolute Gasteiger partial charge is 0.241 e. The molecule has 2 amide bonds. The lowest BCUT2D eigenvalue weighted by molar-refractivity contribution is -0.125. The van der Waals surface area contributed by atoms with Gasteiger partial charge in [-0.25, -0.2) is 0 Å². The van der Waals surface area contributed by atoms with Crippen molar-refractivity contribution < 1.29 is 23.8 Å². The Morgan fingerprint density at radius 2 is 1.64 bits per heavy atom. The molecule has 0 aliphatic carbocycles. The van der Waals surface area contributed by atoms with Crippen molar-refractivity contribution in [2.45, 2.75) is 25.4 Å². The van der Waals surface area contributed by atoms with Crippen LogP contribution >= 0.6 is 23.2 Å². The van der Waals surface area contributed by atoms with E-state index in [2.05, 4.69) is 10.6 Å². The van der Waals surface area contributed by atoms with Crippen molar-refractivity contribution in [2.24, 2.45) is 0 Å². The molecule has 2 aromatic carbocycles. The second-order valence-electron chi connectivity index (χ2n) is 7.59. The average Bonchev–Trinajstić information content (AvgIpc) is 3.24. The highest BCUT2D eigenvalue weighted by atomic mass is 35.5. The molecule has 0 spiro atoms. The first-order chi connectivity index (χ1) is 15.8. The van der Waals surface area contributed by atoms with E-state index in [9.17, 15) is 9.59 Å². The van der Waals surface area contributed by atoms with Gasteiger partial charge in [-0.3, -0.25) is 14.5 Å². The van der Waals surface area contributed by atoms with Crippen LogP contribution in [0.4, 0.5) is 5.69 Å². The first-order valence-corrected chi connectivity index (χ1v) is 11.2. The van der Waals surface area contributed by atoms with Crippen molar-refractivity contribution in [2.75, 3.05) is 39.7 Å². The maximum atomic E-state index is 12.8. The minimum Gasteiger partial charge on any atom is -0.493 e. The highest BCUT2D eigenvalue weighted by Crippen LogP contribution is 2.38. The van der Waals surface area contributed by atoms with E-state index in [1.54, 1.807) is 30.3 Å². The topological polar surface area (TPSA) is 89.1 Å². The van der Waals surface area contributed by atoms with Crippen molar-refractivity contribution in [3.63, 3.8) is 0 Å². The molecule has 1 fully saturated rings. The number of amides is 2. The van der Waals surface area contributed by atoms with Crippen molar-refractivity contribution in [1.29, 1.82) is 0 Å². The van der Waals surface area contributed by atoms with E-state index in [-0.39, 0.29) is 24.9 Å². The molecule has 1 saturated heterocycles. The first kappa shape index (κ1) is 25.0. The molecule has 0 bridgehead atoms. The highest BCUT2D eigenvalue weighted by Gasteiger charge is 2.32. The lowest BCUT2D eigenvalue weighted by atomic mass is 10.1. The van der Waals surface area contributed by atoms with Crippen LogP contribution in [0, 0.1) is 0 Å². The molecule has 1 aliphatic rings. The number of hydrogen-bond acceptors (Lipinski definition) is 6. The summed E-state index contributed by atoms with van der Waals surface area (Å²) in [7, 11) is 4.61. The summed E-state index contributed by atoms with van der Waals surface area (Å²) in [4.78, 5) is 27.3. The summed E-state index contributed by atoms with van der Waals surface area (Å²) in [5.41, 5.74) is 1.32. The summed E-state index contributed by atoms with van der Waals surface area (Å²) >= 11 is 12.0. The fourth-order valence-corrected chi connectivity index (χ4v) is 4.37. The molecular weight excluding hydrogens is 469 g/mol. The molecule has 1 atom stereocenters.